The topological polar surface area (TPSA) is 105 Å². The van der Waals surface area contributed by atoms with Crippen LogP contribution in [0.15, 0.2) is 0 Å². The van der Waals surface area contributed by atoms with Crippen LogP contribution in [0.1, 0.15) is 29.8 Å². The van der Waals surface area contributed by atoms with E-state index in [1.54, 1.807) is 13.8 Å². The molecule has 8 heteroatoms. The Bertz CT molecular complexity index is 550. The fraction of sp³-hybridized carbons (Fsp3) is 0.667. The highest BCUT2D eigenvalue weighted by atomic mass is 32.2. The number of nitrogens with zero attached hydrogens (tertiary/aromatic N) is 2. The minimum atomic E-state index is -3.04. The van der Waals surface area contributed by atoms with Crippen molar-refractivity contribution < 1.29 is 13.2 Å². The van der Waals surface area contributed by atoms with Crippen LogP contribution in [-0.4, -0.2) is 46.6 Å². The third-order valence-corrected chi connectivity index (χ3v) is 4.62. The van der Waals surface area contributed by atoms with E-state index in [0.717, 1.165) is 0 Å². The van der Waals surface area contributed by atoms with Gasteiger partial charge in [-0.25, -0.2) is 13.4 Å². The fourth-order valence-electron chi connectivity index (χ4n) is 1.88. The number of hydrogen-bond donors (Lipinski definition) is 2. The summed E-state index contributed by atoms with van der Waals surface area (Å²) in [6.07, 6.45) is 0.421. The molecule has 0 bridgehead atoms. The van der Waals surface area contributed by atoms with Crippen molar-refractivity contribution in [2.24, 2.45) is 0 Å². The molecule has 1 saturated heterocycles. The van der Waals surface area contributed by atoms with Gasteiger partial charge < -0.3 is 5.32 Å². The van der Waals surface area contributed by atoms with Gasteiger partial charge in [-0.2, -0.15) is 0 Å². The van der Waals surface area contributed by atoms with Crippen molar-refractivity contribution in [2.75, 3.05) is 11.5 Å². The minimum Gasteiger partial charge on any atom is -0.343 e. The zero-order valence-electron chi connectivity index (χ0n) is 9.65. The Morgan fingerprint density at radius 2 is 2.24 bits per heavy atom. The van der Waals surface area contributed by atoms with Gasteiger partial charge in [-0.15, -0.1) is 5.10 Å². The molecular weight excluding hydrogens is 244 g/mol. The minimum absolute atomic E-state index is 0.0326. The third-order valence-electron chi connectivity index (χ3n) is 2.72. The highest BCUT2D eigenvalue weighted by molar-refractivity contribution is 7.91. The van der Waals surface area contributed by atoms with E-state index in [1.165, 1.54) is 0 Å². The van der Waals surface area contributed by atoms with Crippen LogP contribution in [-0.2, 0) is 9.84 Å². The molecule has 7 nitrogen and oxygen atoms in total. The normalized spacial score (nSPS) is 26.9. The lowest BCUT2D eigenvalue weighted by molar-refractivity contribution is 0.0905. The van der Waals surface area contributed by atoms with E-state index in [1.807, 2.05) is 0 Å². The molecule has 2 rings (SSSR count). The average molecular weight is 258 g/mol. The van der Waals surface area contributed by atoms with E-state index >= 15 is 0 Å². The molecule has 0 aliphatic carbocycles. The quantitative estimate of drug-likeness (QED) is 0.738. The highest BCUT2D eigenvalue weighted by Gasteiger charge is 2.40. The number of aryl methyl sites for hydroxylation is 1. The third kappa shape index (κ3) is 2.63. The molecule has 1 aromatic rings. The van der Waals surface area contributed by atoms with Crippen LogP contribution in [0.2, 0.25) is 0 Å². The fourth-order valence-corrected chi connectivity index (χ4v) is 3.98. The molecule has 1 atom stereocenters. The van der Waals surface area contributed by atoms with Crippen molar-refractivity contribution >= 4 is 15.7 Å². The lowest BCUT2D eigenvalue weighted by Crippen LogP contribution is -2.47. The summed E-state index contributed by atoms with van der Waals surface area (Å²) in [4.78, 5) is 15.7. The van der Waals surface area contributed by atoms with E-state index in [9.17, 15) is 13.2 Å². The summed E-state index contributed by atoms with van der Waals surface area (Å²) in [5, 5.41) is 8.97. The van der Waals surface area contributed by atoms with Crippen LogP contribution in [0.3, 0.4) is 0 Å². The number of hydrogen-bond acceptors (Lipinski definition) is 5. The summed E-state index contributed by atoms with van der Waals surface area (Å²) in [7, 11) is -3.04. The number of nitrogens with one attached hydrogen (secondary N) is 2. The lowest BCUT2D eigenvalue weighted by atomic mass is 10.0. The predicted octanol–water partition coefficient (Wildman–Crippen LogP) is -0.580. The van der Waals surface area contributed by atoms with Crippen LogP contribution < -0.4 is 5.32 Å². The van der Waals surface area contributed by atoms with Crippen LogP contribution in [0.5, 0.6) is 0 Å². The number of carbonyl (C=O) groups excluding carboxylic acids is 1. The molecule has 0 radical (unpaired) electrons. The first kappa shape index (κ1) is 12.0. The van der Waals surface area contributed by atoms with Crippen molar-refractivity contribution in [3.05, 3.63) is 11.6 Å². The van der Waals surface area contributed by atoms with E-state index in [2.05, 4.69) is 20.5 Å². The van der Waals surface area contributed by atoms with Gasteiger partial charge in [-0.1, -0.05) is 0 Å². The molecule has 0 spiro atoms. The van der Waals surface area contributed by atoms with Crippen LogP contribution in [0.4, 0.5) is 0 Å². The number of sulfone groups is 1. The molecule has 17 heavy (non-hydrogen) atoms. The van der Waals surface area contributed by atoms with Gasteiger partial charge in [0, 0.05) is 0 Å². The Balaban J connectivity index is 2.10. The van der Waals surface area contributed by atoms with Gasteiger partial charge in [-0.05, 0) is 20.3 Å². The smallest absolute Gasteiger partial charge is 0.291 e. The molecular formula is C9H14N4O3S. The molecule has 1 aliphatic rings. The Hall–Kier alpha value is -1.44. The maximum atomic E-state index is 11.8. The zero-order chi connectivity index (χ0) is 12.7. The molecule has 2 N–H and O–H groups in total. The Morgan fingerprint density at radius 3 is 2.71 bits per heavy atom. The van der Waals surface area contributed by atoms with Crippen LogP contribution >= 0.6 is 0 Å². The maximum absolute atomic E-state index is 11.8. The first-order valence-corrected chi connectivity index (χ1v) is 7.04. The standard InChI is InChI=1S/C9H14N4O3S/c1-6-10-7(13-12-6)8(14)11-9(2)3-4-17(15,16)5-9/h3-5H2,1-2H3,(H,11,14)(H,10,12,13). The van der Waals surface area contributed by atoms with E-state index in [0.29, 0.717) is 12.2 Å². The van der Waals surface area contributed by atoms with Crippen LogP contribution in [0, 0.1) is 6.92 Å². The molecule has 1 fully saturated rings. The second kappa shape index (κ2) is 3.80. The van der Waals surface area contributed by atoms with Gasteiger partial charge in [0.1, 0.15) is 5.82 Å². The number of aromatic nitrogens is 3. The number of amides is 1. The summed E-state index contributed by atoms with van der Waals surface area (Å²) < 4.78 is 22.8. The summed E-state index contributed by atoms with van der Waals surface area (Å²) >= 11 is 0. The molecule has 2 heterocycles. The molecule has 1 aliphatic heterocycles. The van der Waals surface area contributed by atoms with Gasteiger partial charge in [0.2, 0.25) is 5.82 Å². The predicted molar refractivity (Wildman–Crippen MR) is 60.3 cm³/mol. The van der Waals surface area contributed by atoms with E-state index in [-0.39, 0.29) is 17.3 Å². The van der Waals surface area contributed by atoms with Gasteiger partial charge >= 0.3 is 0 Å². The molecule has 1 aromatic heterocycles. The van der Waals surface area contributed by atoms with Crippen molar-refractivity contribution in [2.45, 2.75) is 25.8 Å². The zero-order valence-corrected chi connectivity index (χ0v) is 10.5. The molecule has 0 saturated carbocycles. The van der Waals surface area contributed by atoms with Crippen LogP contribution in [0.25, 0.3) is 0 Å². The summed E-state index contributed by atoms with van der Waals surface area (Å²) in [5.41, 5.74) is -0.718. The Kier molecular flexibility index (Phi) is 2.69. The average Bonchev–Trinajstić information content (AvgIpc) is 2.71. The van der Waals surface area contributed by atoms with Gasteiger partial charge in [-0.3, -0.25) is 9.89 Å². The molecule has 1 unspecified atom stereocenters. The second-order valence-electron chi connectivity index (χ2n) is 4.60. The number of rotatable bonds is 2. The largest absolute Gasteiger partial charge is 0.343 e. The Labute approximate surface area is 98.9 Å². The Morgan fingerprint density at radius 1 is 1.53 bits per heavy atom. The summed E-state index contributed by atoms with van der Waals surface area (Å²) in [6, 6.07) is 0. The summed E-state index contributed by atoms with van der Waals surface area (Å²) in [5.74, 6) is 0.202. The van der Waals surface area contributed by atoms with E-state index < -0.39 is 21.3 Å². The molecule has 1 amide bonds. The molecule has 94 valence electrons. The van der Waals surface area contributed by atoms with Gasteiger partial charge in [0.15, 0.2) is 9.84 Å². The van der Waals surface area contributed by atoms with Crippen molar-refractivity contribution in [3.63, 3.8) is 0 Å². The first-order valence-electron chi connectivity index (χ1n) is 5.22. The molecule has 0 aromatic carbocycles. The number of H-pyrrole nitrogens is 1. The monoisotopic (exact) mass is 258 g/mol. The van der Waals surface area contributed by atoms with Gasteiger partial charge in [0.05, 0.1) is 17.0 Å². The first-order chi connectivity index (χ1) is 7.80. The lowest BCUT2D eigenvalue weighted by Gasteiger charge is -2.22. The van der Waals surface area contributed by atoms with Crippen molar-refractivity contribution in [1.82, 2.24) is 20.5 Å². The number of aromatic amines is 1. The van der Waals surface area contributed by atoms with Crippen molar-refractivity contribution in [1.29, 1.82) is 0 Å². The maximum Gasteiger partial charge on any atom is 0.291 e. The SMILES string of the molecule is Cc1nc(C(=O)NC2(C)CCS(=O)(=O)C2)n[nH]1. The second-order valence-corrected chi connectivity index (χ2v) is 6.79. The van der Waals surface area contributed by atoms with Crippen molar-refractivity contribution in [3.8, 4) is 0 Å². The van der Waals surface area contributed by atoms with E-state index in [4.69, 9.17) is 0 Å². The number of carbonyl (C=O) groups is 1. The summed E-state index contributed by atoms with van der Waals surface area (Å²) in [6.45, 7) is 3.40. The highest BCUT2D eigenvalue weighted by Crippen LogP contribution is 2.22. The van der Waals surface area contributed by atoms with Gasteiger partial charge in [0.25, 0.3) is 5.91 Å².